The first-order valence-corrected chi connectivity index (χ1v) is 6.17. The van der Waals surface area contributed by atoms with E-state index >= 15 is 0 Å². The zero-order valence-corrected chi connectivity index (χ0v) is 10.7. The summed E-state index contributed by atoms with van der Waals surface area (Å²) < 4.78 is 5.20. The third kappa shape index (κ3) is 2.82. The average molecular weight is 233 g/mol. The molecule has 0 unspecified atom stereocenters. The molecule has 1 N–H and O–H groups in total. The van der Waals surface area contributed by atoms with Crippen LogP contribution in [0.4, 0.5) is 0 Å². The number of hydrogen-bond acceptors (Lipinski definition) is 4. The van der Waals surface area contributed by atoms with Crippen LogP contribution in [-0.2, 0) is 13.0 Å². The Kier molecular flexibility index (Phi) is 3.74. The summed E-state index contributed by atoms with van der Waals surface area (Å²) >= 11 is 0. The van der Waals surface area contributed by atoms with E-state index in [9.17, 15) is 0 Å². The zero-order valence-electron chi connectivity index (χ0n) is 10.7. The number of pyridine rings is 1. The molecular formula is C13H19N3O. The number of nitrogens with zero attached hydrogens (tertiary/aromatic N) is 2. The molecule has 0 saturated heterocycles. The molecule has 92 valence electrons. The SMILES string of the molecule is CCCc1noc2ncc(CNC(C)C)cc12. The molecule has 2 aromatic heterocycles. The molecule has 4 nitrogen and oxygen atoms in total. The van der Waals surface area contributed by atoms with Gasteiger partial charge in [-0.25, -0.2) is 4.98 Å². The van der Waals surface area contributed by atoms with E-state index in [0.717, 1.165) is 30.5 Å². The van der Waals surface area contributed by atoms with Crippen molar-refractivity contribution in [3.05, 3.63) is 23.5 Å². The Labute approximate surface area is 101 Å². The van der Waals surface area contributed by atoms with Crippen LogP contribution >= 0.6 is 0 Å². The molecule has 0 bridgehead atoms. The normalized spacial score (nSPS) is 11.5. The highest BCUT2D eigenvalue weighted by Crippen LogP contribution is 2.18. The molecule has 0 aliphatic rings. The lowest BCUT2D eigenvalue weighted by atomic mass is 10.1. The molecule has 4 heteroatoms. The highest BCUT2D eigenvalue weighted by Gasteiger charge is 2.09. The smallest absolute Gasteiger partial charge is 0.257 e. The van der Waals surface area contributed by atoms with Gasteiger partial charge in [0, 0.05) is 18.8 Å². The fraction of sp³-hybridized carbons (Fsp3) is 0.538. The molecule has 2 heterocycles. The van der Waals surface area contributed by atoms with E-state index in [4.69, 9.17) is 4.52 Å². The average Bonchev–Trinajstić information content (AvgIpc) is 2.70. The molecule has 0 aromatic carbocycles. The maximum Gasteiger partial charge on any atom is 0.257 e. The van der Waals surface area contributed by atoms with Crippen LogP contribution < -0.4 is 5.32 Å². The second-order valence-electron chi connectivity index (χ2n) is 4.61. The van der Waals surface area contributed by atoms with Gasteiger partial charge in [-0.1, -0.05) is 32.3 Å². The minimum atomic E-state index is 0.475. The van der Waals surface area contributed by atoms with Gasteiger partial charge in [0.1, 0.15) is 0 Å². The predicted octanol–water partition coefficient (Wildman–Crippen LogP) is 2.67. The number of aromatic nitrogens is 2. The third-order valence-electron chi connectivity index (χ3n) is 2.66. The topological polar surface area (TPSA) is 51.0 Å². The first-order valence-electron chi connectivity index (χ1n) is 6.17. The Hall–Kier alpha value is -1.42. The molecule has 0 saturated carbocycles. The van der Waals surface area contributed by atoms with Crippen molar-refractivity contribution in [2.45, 2.75) is 46.2 Å². The van der Waals surface area contributed by atoms with Crippen molar-refractivity contribution in [3.63, 3.8) is 0 Å². The highest BCUT2D eigenvalue weighted by atomic mass is 16.5. The third-order valence-corrected chi connectivity index (χ3v) is 2.66. The summed E-state index contributed by atoms with van der Waals surface area (Å²) in [7, 11) is 0. The lowest BCUT2D eigenvalue weighted by Crippen LogP contribution is -2.21. The molecule has 0 radical (unpaired) electrons. The number of fused-ring (bicyclic) bond motifs is 1. The monoisotopic (exact) mass is 233 g/mol. The summed E-state index contributed by atoms with van der Waals surface area (Å²) in [5.74, 6) is 0. The quantitative estimate of drug-likeness (QED) is 0.862. The van der Waals surface area contributed by atoms with Crippen LogP contribution in [-0.4, -0.2) is 16.2 Å². The van der Waals surface area contributed by atoms with Crippen molar-refractivity contribution >= 4 is 11.1 Å². The van der Waals surface area contributed by atoms with Crippen molar-refractivity contribution in [2.24, 2.45) is 0 Å². The summed E-state index contributed by atoms with van der Waals surface area (Å²) in [6, 6.07) is 2.60. The van der Waals surface area contributed by atoms with Gasteiger partial charge >= 0.3 is 0 Å². The molecule has 0 aliphatic heterocycles. The molecular weight excluding hydrogens is 214 g/mol. The van der Waals surface area contributed by atoms with Gasteiger partial charge in [0.15, 0.2) is 0 Å². The van der Waals surface area contributed by atoms with Crippen LogP contribution in [0.5, 0.6) is 0 Å². The van der Waals surface area contributed by atoms with Gasteiger partial charge in [-0.2, -0.15) is 0 Å². The number of aryl methyl sites for hydroxylation is 1. The van der Waals surface area contributed by atoms with Gasteiger partial charge in [-0.15, -0.1) is 0 Å². The van der Waals surface area contributed by atoms with Crippen molar-refractivity contribution in [3.8, 4) is 0 Å². The van der Waals surface area contributed by atoms with Gasteiger partial charge in [-0.05, 0) is 18.1 Å². The summed E-state index contributed by atoms with van der Waals surface area (Å²) in [5.41, 5.74) is 2.83. The fourth-order valence-electron chi connectivity index (χ4n) is 1.76. The van der Waals surface area contributed by atoms with Crippen molar-refractivity contribution in [1.29, 1.82) is 0 Å². The summed E-state index contributed by atoms with van der Waals surface area (Å²) in [4.78, 5) is 4.29. The molecule has 0 fully saturated rings. The molecule has 0 atom stereocenters. The lowest BCUT2D eigenvalue weighted by Gasteiger charge is -2.07. The first-order chi connectivity index (χ1) is 8.20. The standard InChI is InChI=1S/C13H19N3O/c1-4-5-12-11-6-10(7-14-9(2)3)8-15-13(11)17-16-12/h6,8-9,14H,4-5,7H2,1-3H3. The number of rotatable bonds is 5. The van der Waals surface area contributed by atoms with Crippen molar-refractivity contribution < 1.29 is 4.52 Å². The van der Waals surface area contributed by atoms with E-state index in [0.29, 0.717) is 11.8 Å². The minimum absolute atomic E-state index is 0.475. The molecule has 0 amide bonds. The Balaban J connectivity index is 2.24. The largest absolute Gasteiger partial charge is 0.336 e. The first kappa shape index (κ1) is 12.0. The van der Waals surface area contributed by atoms with Crippen LogP contribution in [0.2, 0.25) is 0 Å². The molecule has 2 rings (SSSR count). The summed E-state index contributed by atoms with van der Waals surface area (Å²) in [6.07, 6.45) is 3.85. The van der Waals surface area contributed by atoms with Gasteiger partial charge in [0.25, 0.3) is 5.71 Å². The second-order valence-corrected chi connectivity index (χ2v) is 4.61. The van der Waals surface area contributed by atoms with Crippen molar-refractivity contribution in [1.82, 2.24) is 15.5 Å². The molecule has 0 aliphatic carbocycles. The van der Waals surface area contributed by atoms with E-state index < -0.39 is 0 Å². The minimum Gasteiger partial charge on any atom is -0.336 e. The summed E-state index contributed by atoms with van der Waals surface area (Å²) in [5, 5.41) is 8.49. The van der Waals surface area contributed by atoms with Crippen LogP contribution in [0.25, 0.3) is 11.1 Å². The van der Waals surface area contributed by atoms with Gasteiger partial charge in [0.05, 0.1) is 11.1 Å². The predicted molar refractivity (Wildman–Crippen MR) is 67.8 cm³/mol. The maximum absolute atomic E-state index is 5.20. The van der Waals surface area contributed by atoms with Gasteiger partial charge in [0.2, 0.25) is 0 Å². The second kappa shape index (κ2) is 5.27. The zero-order chi connectivity index (χ0) is 12.3. The number of nitrogens with one attached hydrogen (secondary N) is 1. The van der Waals surface area contributed by atoms with Crippen LogP contribution in [0, 0.1) is 0 Å². The van der Waals surface area contributed by atoms with Gasteiger partial charge < -0.3 is 9.84 Å². The highest BCUT2D eigenvalue weighted by molar-refractivity contribution is 5.76. The Morgan fingerprint density at radius 1 is 1.41 bits per heavy atom. The fourth-order valence-corrected chi connectivity index (χ4v) is 1.76. The Morgan fingerprint density at radius 2 is 2.24 bits per heavy atom. The van der Waals surface area contributed by atoms with E-state index in [1.54, 1.807) is 0 Å². The van der Waals surface area contributed by atoms with E-state index in [1.807, 2.05) is 6.20 Å². The van der Waals surface area contributed by atoms with Crippen LogP contribution in [0.1, 0.15) is 38.4 Å². The van der Waals surface area contributed by atoms with Crippen molar-refractivity contribution in [2.75, 3.05) is 0 Å². The Morgan fingerprint density at radius 3 is 2.94 bits per heavy atom. The van der Waals surface area contributed by atoms with Gasteiger partial charge in [-0.3, -0.25) is 0 Å². The number of hydrogen-bond donors (Lipinski definition) is 1. The van der Waals surface area contributed by atoms with Crippen LogP contribution in [0.3, 0.4) is 0 Å². The molecule has 0 spiro atoms. The summed E-state index contributed by atoms with van der Waals surface area (Å²) in [6.45, 7) is 7.23. The Bertz CT molecular complexity index is 490. The maximum atomic E-state index is 5.20. The van der Waals surface area contributed by atoms with E-state index in [2.05, 4.69) is 42.3 Å². The van der Waals surface area contributed by atoms with E-state index in [1.165, 1.54) is 5.56 Å². The molecule has 2 aromatic rings. The van der Waals surface area contributed by atoms with Crippen LogP contribution in [0.15, 0.2) is 16.8 Å². The molecule has 17 heavy (non-hydrogen) atoms. The lowest BCUT2D eigenvalue weighted by molar-refractivity contribution is 0.438. The van der Waals surface area contributed by atoms with E-state index in [-0.39, 0.29) is 0 Å².